The van der Waals surface area contributed by atoms with Crippen LogP contribution in [0.25, 0.3) is 0 Å². The van der Waals surface area contributed by atoms with Crippen molar-refractivity contribution in [3.05, 3.63) is 11.8 Å². The second-order valence-electron chi connectivity index (χ2n) is 4.63. The number of hydrogen-bond acceptors (Lipinski definition) is 3. The summed E-state index contributed by atoms with van der Waals surface area (Å²) in [7, 11) is 0. The lowest BCUT2D eigenvalue weighted by atomic mass is 10.1. The van der Waals surface area contributed by atoms with E-state index in [0.717, 1.165) is 36.6 Å². The number of aryl methyl sites for hydroxylation is 2. The Morgan fingerprint density at radius 3 is 2.94 bits per heavy atom. The number of hydrogen-bond donors (Lipinski definition) is 1. The molecule has 0 spiro atoms. The lowest BCUT2D eigenvalue weighted by molar-refractivity contribution is -0.117. The molecular weight excluding hydrogens is 234 g/mol. The Morgan fingerprint density at radius 2 is 2.35 bits per heavy atom. The van der Waals surface area contributed by atoms with Crippen LogP contribution in [0, 0.1) is 12.8 Å². The highest BCUT2D eigenvalue weighted by molar-refractivity contribution is 7.80. The lowest BCUT2D eigenvalue weighted by Crippen LogP contribution is -2.28. The highest BCUT2D eigenvalue weighted by atomic mass is 32.1. The van der Waals surface area contributed by atoms with Crippen molar-refractivity contribution in [2.45, 2.75) is 33.2 Å². The average molecular weight is 253 g/mol. The number of carbonyl (C=O) groups excluding carboxylic acids is 1. The van der Waals surface area contributed by atoms with Gasteiger partial charge in [-0.3, -0.25) is 9.69 Å². The van der Waals surface area contributed by atoms with Gasteiger partial charge < -0.3 is 0 Å². The van der Waals surface area contributed by atoms with Crippen molar-refractivity contribution in [2.75, 3.05) is 17.2 Å². The third kappa shape index (κ3) is 2.34. The third-order valence-electron chi connectivity index (χ3n) is 3.14. The Hall–Kier alpha value is -0.970. The van der Waals surface area contributed by atoms with Crippen LogP contribution in [0.1, 0.15) is 25.3 Å². The third-order valence-corrected chi connectivity index (χ3v) is 3.66. The van der Waals surface area contributed by atoms with E-state index in [2.05, 4.69) is 24.7 Å². The van der Waals surface area contributed by atoms with Crippen LogP contribution in [0.5, 0.6) is 0 Å². The maximum atomic E-state index is 12.0. The van der Waals surface area contributed by atoms with Crippen LogP contribution >= 0.6 is 12.6 Å². The van der Waals surface area contributed by atoms with Crippen molar-refractivity contribution in [1.82, 2.24) is 9.78 Å². The monoisotopic (exact) mass is 253 g/mol. The summed E-state index contributed by atoms with van der Waals surface area (Å²) in [5.74, 6) is 2.31. The van der Waals surface area contributed by atoms with Crippen LogP contribution in [0.15, 0.2) is 6.20 Å². The molecule has 0 saturated carbocycles. The number of nitrogens with zero attached hydrogens (tertiary/aromatic N) is 3. The van der Waals surface area contributed by atoms with Gasteiger partial charge in [0.05, 0.1) is 6.20 Å². The van der Waals surface area contributed by atoms with Gasteiger partial charge in [-0.15, -0.1) is 0 Å². The zero-order valence-corrected chi connectivity index (χ0v) is 11.3. The summed E-state index contributed by atoms with van der Waals surface area (Å²) in [5, 5.41) is 4.34. The molecule has 4 nitrogen and oxygen atoms in total. The number of thiol groups is 1. The van der Waals surface area contributed by atoms with Gasteiger partial charge in [0.1, 0.15) is 5.82 Å². The van der Waals surface area contributed by atoms with Gasteiger partial charge in [-0.1, -0.05) is 6.92 Å². The maximum absolute atomic E-state index is 12.0. The van der Waals surface area contributed by atoms with Gasteiger partial charge in [-0.2, -0.15) is 17.7 Å². The molecule has 1 aliphatic heterocycles. The SMILES string of the molecule is CCCn1ncc(C)c1N1CC(CS)CC1=O. The highest BCUT2D eigenvalue weighted by Crippen LogP contribution is 2.28. The Balaban J connectivity index is 2.27. The summed E-state index contributed by atoms with van der Waals surface area (Å²) in [4.78, 5) is 13.9. The first-order chi connectivity index (χ1) is 8.17. The van der Waals surface area contributed by atoms with Gasteiger partial charge in [-0.25, -0.2) is 4.68 Å². The van der Waals surface area contributed by atoms with Gasteiger partial charge in [0, 0.05) is 25.1 Å². The van der Waals surface area contributed by atoms with Crippen LogP contribution in [0.4, 0.5) is 5.82 Å². The van der Waals surface area contributed by atoms with Crippen LogP contribution in [-0.2, 0) is 11.3 Å². The summed E-state index contributed by atoms with van der Waals surface area (Å²) in [6, 6.07) is 0. The number of anilines is 1. The molecule has 0 aliphatic carbocycles. The molecule has 1 saturated heterocycles. The van der Waals surface area contributed by atoms with E-state index in [9.17, 15) is 4.79 Å². The summed E-state index contributed by atoms with van der Waals surface area (Å²) in [6.07, 6.45) is 3.47. The molecule has 2 rings (SSSR count). The van der Waals surface area contributed by atoms with Crippen molar-refractivity contribution in [1.29, 1.82) is 0 Å². The van der Waals surface area contributed by atoms with E-state index >= 15 is 0 Å². The summed E-state index contributed by atoms with van der Waals surface area (Å²) in [5.41, 5.74) is 1.08. The number of amides is 1. The number of rotatable bonds is 4. The lowest BCUT2D eigenvalue weighted by Gasteiger charge is -2.19. The van der Waals surface area contributed by atoms with Crippen LogP contribution < -0.4 is 4.90 Å². The quantitative estimate of drug-likeness (QED) is 0.832. The van der Waals surface area contributed by atoms with Gasteiger partial charge in [0.25, 0.3) is 0 Å². The summed E-state index contributed by atoms with van der Waals surface area (Å²) < 4.78 is 1.94. The first-order valence-corrected chi connectivity index (χ1v) is 6.74. The smallest absolute Gasteiger partial charge is 0.228 e. The van der Waals surface area contributed by atoms with Crippen molar-refractivity contribution < 1.29 is 4.79 Å². The van der Waals surface area contributed by atoms with Crippen LogP contribution in [0.3, 0.4) is 0 Å². The molecule has 0 radical (unpaired) electrons. The maximum Gasteiger partial charge on any atom is 0.228 e. The topological polar surface area (TPSA) is 38.1 Å². The molecule has 17 heavy (non-hydrogen) atoms. The minimum absolute atomic E-state index is 0.199. The van der Waals surface area contributed by atoms with Crippen LogP contribution in [-0.4, -0.2) is 28.0 Å². The van der Waals surface area contributed by atoms with Crippen molar-refractivity contribution in [2.24, 2.45) is 5.92 Å². The highest BCUT2D eigenvalue weighted by Gasteiger charge is 2.32. The van der Waals surface area contributed by atoms with Gasteiger partial charge in [0.15, 0.2) is 0 Å². The Kier molecular flexibility index (Phi) is 3.76. The number of aromatic nitrogens is 2. The second kappa shape index (κ2) is 5.12. The first-order valence-electron chi connectivity index (χ1n) is 6.11. The fourth-order valence-electron chi connectivity index (χ4n) is 2.31. The Morgan fingerprint density at radius 1 is 1.59 bits per heavy atom. The van der Waals surface area contributed by atoms with E-state index in [1.807, 2.05) is 22.7 Å². The molecule has 0 N–H and O–H groups in total. The van der Waals surface area contributed by atoms with Crippen molar-refractivity contribution >= 4 is 24.4 Å². The summed E-state index contributed by atoms with van der Waals surface area (Å²) in [6.45, 7) is 5.76. The van der Waals surface area contributed by atoms with Gasteiger partial charge in [-0.05, 0) is 25.0 Å². The fraction of sp³-hybridized carbons (Fsp3) is 0.667. The largest absolute Gasteiger partial charge is 0.296 e. The van der Waals surface area contributed by atoms with E-state index in [0.29, 0.717) is 12.3 Å². The molecule has 1 atom stereocenters. The predicted molar refractivity (Wildman–Crippen MR) is 71.6 cm³/mol. The predicted octanol–water partition coefficient (Wildman–Crippen LogP) is 1.88. The average Bonchev–Trinajstić information content (AvgIpc) is 2.83. The molecule has 1 unspecified atom stereocenters. The zero-order chi connectivity index (χ0) is 12.4. The Bertz CT molecular complexity index is 416. The molecule has 0 bridgehead atoms. The van der Waals surface area contributed by atoms with Crippen LogP contribution in [0.2, 0.25) is 0 Å². The van der Waals surface area contributed by atoms with Gasteiger partial charge in [0.2, 0.25) is 5.91 Å². The Labute approximate surface area is 107 Å². The van der Waals surface area contributed by atoms with E-state index in [4.69, 9.17) is 0 Å². The molecule has 1 aliphatic rings. The van der Waals surface area contributed by atoms with Crippen molar-refractivity contribution in [3.8, 4) is 0 Å². The van der Waals surface area contributed by atoms with E-state index in [-0.39, 0.29) is 5.91 Å². The standard InChI is InChI=1S/C12H19N3OS/c1-3-4-15-12(9(2)6-13-15)14-7-10(8-17)5-11(14)16/h6,10,17H,3-5,7-8H2,1-2H3. The van der Waals surface area contributed by atoms with E-state index in [1.165, 1.54) is 0 Å². The number of carbonyl (C=O) groups is 1. The second-order valence-corrected chi connectivity index (χ2v) is 5.00. The molecular formula is C12H19N3OS. The van der Waals surface area contributed by atoms with E-state index < -0.39 is 0 Å². The molecule has 1 aromatic rings. The molecule has 1 aromatic heterocycles. The molecule has 5 heteroatoms. The summed E-state index contributed by atoms with van der Waals surface area (Å²) >= 11 is 4.29. The van der Waals surface area contributed by atoms with E-state index in [1.54, 1.807) is 0 Å². The minimum Gasteiger partial charge on any atom is -0.296 e. The first kappa shape index (κ1) is 12.5. The fourth-order valence-corrected chi connectivity index (χ4v) is 2.55. The zero-order valence-electron chi connectivity index (χ0n) is 10.4. The molecule has 94 valence electrons. The van der Waals surface area contributed by atoms with Gasteiger partial charge >= 0.3 is 0 Å². The van der Waals surface area contributed by atoms with Crippen molar-refractivity contribution in [3.63, 3.8) is 0 Å². The normalized spacial score (nSPS) is 20.3. The molecule has 1 fully saturated rings. The molecule has 0 aromatic carbocycles. The minimum atomic E-state index is 0.199. The molecule has 2 heterocycles. The molecule has 1 amide bonds.